The highest BCUT2D eigenvalue weighted by molar-refractivity contribution is 9.10. The summed E-state index contributed by atoms with van der Waals surface area (Å²) in [5.41, 5.74) is 5.92. The molecule has 0 aliphatic rings. The van der Waals surface area contributed by atoms with E-state index >= 15 is 0 Å². The predicted molar refractivity (Wildman–Crippen MR) is 80.5 cm³/mol. The molecule has 0 fully saturated rings. The van der Waals surface area contributed by atoms with Crippen molar-refractivity contribution in [3.8, 4) is 0 Å². The lowest BCUT2D eigenvalue weighted by Gasteiger charge is -2.11. The minimum atomic E-state index is -4.03. The lowest BCUT2D eigenvalue weighted by Crippen LogP contribution is -2.14. The Bertz CT molecular complexity index is 787. The molecule has 8 heteroatoms. The Kier molecular flexibility index (Phi) is 4.20. The topological polar surface area (TPSA) is 72.2 Å². The number of hydrogen-bond acceptors (Lipinski definition) is 3. The van der Waals surface area contributed by atoms with Gasteiger partial charge >= 0.3 is 0 Å². The van der Waals surface area contributed by atoms with Crippen molar-refractivity contribution in [2.24, 2.45) is 0 Å². The zero-order chi connectivity index (χ0) is 15.8. The van der Waals surface area contributed by atoms with Crippen LogP contribution in [0.2, 0.25) is 0 Å². The van der Waals surface area contributed by atoms with Crippen LogP contribution in [0.25, 0.3) is 0 Å². The van der Waals surface area contributed by atoms with Crippen LogP contribution in [0.3, 0.4) is 0 Å². The van der Waals surface area contributed by atoms with Crippen LogP contribution >= 0.6 is 15.9 Å². The van der Waals surface area contributed by atoms with Crippen LogP contribution in [-0.4, -0.2) is 8.42 Å². The number of nitrogens with one attached hydrogen (secondary N) is 1. The lowest BCUT2D eigenvalue weighted by molar-refractivity contribution is 0.593. The van der Waals surface area contributed by atoms with E-state index in [1.807, 2.05) is 0 Å². The Balaban J connectivity index is 2.43. The molecule has 0 amide bonds. The molecule has 2 aromatic rings. The first kappa shape index (κ1) is 15.7. The summed E-state index contributed by atoms with van der Waals surface area (Å²) < 4.78 is 53.5. The van der Waals surface area contributed by atoms with Crippen LogP contribution in [-0.2, 0) is 10.0 Å². The number of rotatable bonds is 3. The average molecular weight is 377 g/mol. The maximum absolute atomic E-state index is 13.6. The fourth-order valence-electron chi connectivity index (χ4n) is 1.61. The minimum absolute atomic E-state index is 0.0357. The van der Waals surface area contributed by atoms with Gasteiger partial charge in [-0.3, -0.25) is 4.72 Å². The molecule has 0 spiro atoms. The average Bonchev–Trinajstić information content (AvgIpc) is 2.38. The summed E-state index contributed by atoms with van der Waals surface area (Å²) in [5.74, 6) is -1.23. The molecule has 2 rings (SSSR count). The van der Waals surface area contributed by atoms with Crippen LogP contribution in [0.1, 0.15) is 5.56 Å². The van der Waals surface area contributed by atoms with E-state index in [1.165, 1.54) is 13.0 Å². The third kappa shape index (κ3) is 3.33. The largest absolute Gasteiger partial charge is 0.398 e. The highest BCUT2D eigenvalue weighted by Crippen LogP contribution is 2.27. The van der Waals surface area contributed by atoms with E-state index in [0.717, 1.165) is 24.3 Å². The van der Waals surface area contributed by atoms with Crippen molar-refractivity contribution in [2.45, 2.75) is 11.8 Å². The molecule has 0 saturated carbocycles. The highest BCUT2D eigenvalue weighted by Gasteiger charge is 2.18. The second-order valence-corrected chi connectivity index (χ2v) is 6.89. The van der Waals surface area contributed by atoms with Crippen molar-refractivity contribution in [2.75, 3.05) is 10.5 Å². The molecule has 0 aliphatic heterocycles. The number of nitrogen functional groups attached to an aromatic ring is 1. The Hall–Kier alpha value is -1.67. The van der Waals surface area contributed by atoms with Gasteiger partial charge in [0.2, 0.25) is 0 Å². The van der Waals surface area contributed by atoms with Crippen LogP contribution < -0.4 is 10.5 Å². The molecule has 0 aliphatic carbocycles. The highest BCUT2D eigenvalue weighted by atomic mass is 79.9. The first-order valence-corrected chi connectivity index (χ1v) is 8.02. The summed E-state index contributed by atoms with van der Waals surface area (Å²) in [6.07, 6.45) is 0. The molecule has 0 atom stereocenters. The van der Waals surface area contributed by atoms with E-state index < -0.39 is 21.7 Å². The predicted octanol–water partition coefficient (Wildman–Crippen LogP) is 3.42. The summed E-state index contributed by atoms with van der Waals surface area (Å²) in [6, 6.07) is 5.52. The van der Waals surface area contributed by atoms with Crippen molar-refractivity contribution in [3.63, 3.8) is 0 Å². The Morgan fingerprint density at radius 1 is 1.19 bits per heavy atom. The van der Waals surface area contributed by atoms with Crippen molar-refractivity contribution in [1.82, 2.24) is 0 Å². The van der Waals surface area contributed by atoms with Gasteiger partial charge in [-0.1, -0.05) is 0 Å². The van der Waals surface area contributed by atoms with Gasteiger partial charge in [-0.2, -0.15) is 0 Å². The van der Waals surface area contributed by atoms with Gasteiger partial charge in [-0.05, 0) is 53.2 Å². The number of nitrogens with two attached hydrogens (primary N) is 1. The first-order chi connectivity index (χ1) is 9.70. The molecule has 0 radical (unpaired) electrons. The molecule has 0 saturated heterocycles. The smallest absolute Gasteiger partial charge is 0.262 e. The van der Waals surface area contributed by atoms with Gasteiger partial charge in [0.25, 0.3) is 10.0 Å². The van der Waals surface area contributed by atoms with Crippen LogP contribution in [0.4, 0.5) is 20.2 Å². The van der Waals surface area contributed by atoms with Gasteiger partial charge in [0, 0.05) is 15.7 Å². The van der Waals surface area contributed by atoms with Crippen LogP contribution in [0.15, 0.2) is 39.7 Å². The summed E-state index contributed by atoms with van der Waals surface area (Å²) >= 11 is 3.05. The zero-order valence-electron chi connectivity index (χ0n) is 10.8. The van der Waals surface area contributed by atoms with Gasteiger partial charge in [-0.15, -0.1) is 0 Å². The standard InChI is InChI=1S/C13H11BrF2N2O2S/c1-7-11(16)5-9(6-12(7)17)21(19,20)18-13-3-2-8(15)4-10(13)14/h2-6,18H,17H2,1H3. The molecule has 0 bridgehead atoms. The quantitative estimate of drug-likeness (QED) is 0.806. The summed E-state index contributed by atoms with van der Waals surface area (Å²) in [6.45, 7) is 1.45. The zero-order valence-corrected chi connectivity index (χ0v) is 13.2. The van der Waals surface area contributed by atoms with E-state index in [1.54, 1.807) is 0 Å². The van der Waals surface area contributed by atoms with Crippen molar-refractivity contribution >= 4 is 37.3 Å². The third-order valence-corrected chi connectivity index (χ3v) is 4.84. The van der Waals surface area contributed by atoms with E-state index in [0.29, 0.717) is 0 Å². The molecule has 3 N–H and O–H groups in total. The summed E-state index contributed by atoms with van der Waals surface area (Å²) in [5, 5.41) is 0. The molecule has 0 aromatic heterocycles. The molecule has 112 valence electrons. The lowest BCUT2D eigenvalue weighted by atomic mass is 10.2. The van der Waals surface area contributed by atoms with E-state index in [4.69, 9.17) is 5.73 Å². The molecule has 4 nitrogen and oxygen atoms in total. The molecular formula is C13H11BrF2N2O2S. The number of anilines is 2. The SMILES string of the molecule is Cc1c(N)cc(S(=O)(=O)Nc2ccc(F)cc2Br)cc1F. The van der Waals surface area contributed by atoms with Gasteiger partial charge in [0.05, 0.1) is 10.6 Å². The normalized spacial score (nSPS) is 11.4. The van der Waals surface area contributed by atoms with Gasteiger partial charge < -0.3 is 5.73 Å². The number of benzene rings is 2. The molecule has 0 unspecified atom stereocenters. The van der Waals surface area contributed by atoms with Gasteiger partial charge in [0.1, 0.15) is 11.6 Å². The van der Waals surface area contributed by atoms with Crippen molar-refractivity contribution in [1.29, 1.82) is 0 Å². The van der Waals surface area contributed by atoms with Gasteiger partial charge in [0.15, 0.2) is 0 Å². The Labute approximate surface area is 129 Å². The van der Waals surface area contributed by atoms with Crippen molar-refractivity contribution in [3.05, 3.63) is 52.0 Å². The maximum Gasteiger partial charge on any atom is 0.262 e. The fraction of sp³-hybridized carbons (Fsp3) is 0.0769. The second kappa shape index (κ2) is 5.61. The second-order valence-electron chi connectivity index (χ2n) is 4.35. The van der Waals surface area contributed by atoms with E-state index in [-0.39, 0.29) is 26.3 Å². The van der Waals surface area contributed by atoms with Crippen LogP contribution in [0.5, 0.6) is 0 Å². The van der Waals surface area contributed by atoms with E-state index in [2.05, 4.69) is 20.7 Å². The molecule has 21 heavy (non-hydrogen) atoms. The van der Waals surface area contributed by atoms with Crippen molar-refractivity contribution < 1.29 is 17.2 Å². The molecular weight excluding hydrogens is 366 g/mol. The first-order valence-electron chi connectivity index (χ1n) is 5.74. The Morgan fingerprint density at radius 3 is 2.43 bits per heavy atom. The number of hydrogen-bond donors (Lipinski definition) is 2. The van der Waals surface area contributed by atoms with E-state index in [9.17, 15) is 17.2 Å². The number of sulfonamides is 1. The molecule has 0 heterocycles. The monoisotopic (exact) mass is 376 g/mol. The Morgan fingerprint density at radius 2 is 1.86 bits per heavy atom. The van der Waals surface area contributed by atoms with Crippen LogP contribution in [0, 0.1) is 18.6 Å². The van der Waals surface area contributed by atoms with Gasteiger partial charge in [-0.25, -0.2) is 17.2 Å². The maximum atomic E-state index is 13.6. The summed E-state index contributed by atoms with van der Waals surface area (Å²) in [7, 11) is -4.03. The minimum Gasteiger partial charge on any atom is -0.398 e. The fourth-order valence-corrected chi connectivity index (χ4v) is 3.31. The molecule has 2 aromatic carbocycles. The number of halogens is 3. The third-order valence-electron chi connectivity index (χ3n) is 2.84. The summed E-state index contributed by atoms with van der Waals surface area (Å²) in [4.78, 5) is -0.306.